The molecule has 3 aliphatic rings. The molecule has 2 N–H and O–H groups in total. The number of rotatable bonds is 5. The molecule has 0 aromatic heterocycles. The molecule has 2 aliphatic heterocycles. The first-order chi connectivity index (χ1) is 10.7. The Balaban J connectivity index is 1.45. The Morgan fingerprint density at radius 1 is 1.23 bits per heavy atom. The minimum Gasteiger partial charge on any atom is -0.355 e. The highest BCUT2D eigenvalue weighted by atomic mass is 15.3. The van der Waals surface area contributed by atoms with Crippen molar-refractivity contribution in [2.75, 3.05) is 39.8 Å². The van der Waals surface area contributed by atoms with E-state index in [-0.39, 0.29) is 0 Å². The highest BCUT2D eigenvalue weighted by Gasteiger charge is 2.38. The SMILES string of the molecule is CCN1CCCC1CNC(=NC)NC1CN(C2CC2)CC1C. The lowest BCUT2D eigenvalue weighted by atomic mass is 10.1. The topological polar surface area (TPSA) is 42.9 Å². The average Bonchev–Trinajstić information content (AvgIpc) is 3.17. The lowest BCUT2D eigenvalue weighted by Crippen LogP contribution is -2.49. The summed E-state index contributed by atoms with van der Waals surface area (Å²) in [5.41, 5.74) is 0. The molecule has 5 nitrogen and oxygen atoms in total. The molecule has 0 aromatic carbocycles. The van der Waals surface area contributed by atoms with Gasteiger partial charge in [-0.1, -0.05) is 13.8 Å². The van der Waals surface area contributed by atoms with Gasteiger partial charge in [-0.15, -0.1) is 0 Å². The fourth-order valence-corrected chi connectivity index (χ4v) is 4.06. The van der Waals surface area contributed by atoms with Crippen LogP contribution in [0.15, 0.2) is 4.99 Å². The molecule has 2 saturated heterocycles. The molecule has 3 atom stereocenters. The maximum Gasteiger partial charge on any atom is 0.191 e. The number of aliphatic imine (C=N–C) groups is 1. The average molecular weight is 307 g/mol. The molecule has 0 radical (unpaired) electrons. The minimum atomic E-state index is 0.539. The van der Waals surface area contributed by atoms with Gasteiger partial charge in [-0.25, -0.2) is 0 Å². The number of likely N-dealkylation sites (N-methyl/N-ethyl adjacent to an activating group) is 1. The molecule has 5 heteroatoms. The van der Waals surface area contributed by atoms with E-state index >= 15 is 0 Å². The standard InChI is InChI=1S/C17H33N5/c1-4-21-9-5-6-15(21)10-19-17(18-3)20-16-12-22(11-13(16)2)14-7-8-14/h13-16H,4-12H2,1-3H3,(H2,18,19,20). The summed E-state index contributed by atoms with van der Waals surface area (Å²) in [6.45, 7) is 10.5. The first kappa shape index (κ1) is 16.1. The Kier molecular flexibility index (Phi) is 5.24. The first-order valence-corrected chi connectivity index (χ1v) is 9.16. The molecular formula is C17H33N5. The highest BCUT2D eigenvalue weighted by Crippen LogP contribution is 2.31. The predicted octanol–water partition coefficient (Wildman–Crippen LogP) is 1.12. The predicted molar refractivity (Wildman–Crippen MR) is 92.3 cm³/mol. The van der Waals surface area contributed by atoms with Gasteiger partial charge >= 0.3 is 0 Å². The number of likely N-dealkylation sites (tertiary alicyclic amines) is 2. The Morgan fingerprint density at radius 3 is 2.73 bits per heavy atom. The van der Waals surface area contributed by atoms with E-state index in [0.29, 0.717) is 18.0 Å². The lowest BCUT2D eigenvalue weighted by molar-refractivity contribution is 0.266. The summed E-state index contributed by atoms with van der Waals surface area (Å²) in [5.74, 6) is 1.69. The van der Waals surface area contributed by atoms with Crippen molar-refractivity contribution in [1.29, 1.82) is 0 Å². The molecule has 0 bridgehead atoms. The molecule has 22 heavy (non-hydrogen) atoms. The number of guanidine groups is 1. The largest absolute Gasteiger partial charge is 0.355 e. The second-order valence-corrected chi connectivity index (χ2v) is 7.29. The van der Waals surface area contributed by atoms with Crippen LogP contribution in [0.25, 0.3) is 0 Å². The molecule has 1 saturated carbocycles. The molecule has 1 aliphatic carbocycles. The minimum absolute atomic E-state index is 0.539. The zero-order chi connectivity index (χ0) is 15.5. The van der Waals surface area contributed by atoms with Crippen LogP contribution in [0.3, 0.4) is 0 Å². The summed E-state index contributed by atoms with van der Waals surface area (Å²) in [6, 6.07) is 2.09. The van der Waals surface area contributed by atoms with Crippen LogP contribution in [0.2, 0.25) is 0 Å². The normalized spacial score (nSPS) is 34.3. The van der Waals surface area contributed by atoms with E-state index < -0.39 is 0 Å². The first-order valence-electron chi connectivity index (χ1n) is 9.16. The summed E-state index contributed by atoms with van der Waals surface area (Å²) in [7, 11) is 1.89. The fourth-order valence-electron chi connectivity index (χ4n) is 4.06. The Labute approximate surface area is 135 Å². The molecule has 3 fully saturated rings. The monoisotopic (exact) mass is 307 g/mol. The zero-order valence-corrected chi connectivity index (χ0v) is 14.5. The van der Waals surface area contributed by atoms with Crippen molar-refractivity contribution < 1.29 is 0 Å². The van der Waals surface area contributed by atoms with Gasteiger partial charge in [0.2, 0.25) is 0 Å². The van der Waals surface area contributed by atoms with E-state index in [9.17, 15) is 0 Å². The quantitative estimate of drug-likeness (QED) is 0.590. The van der Waals surface area contributed by atoms with Crippen LogP contribution >= 0.6 is 0 Å². The van der Waals surface area contributed by atoms with Gasteiger partial charge in [0.15, 0.2) is 5.96 Å². The van der Waals surface area contributed by atoms with Crippen LogP contribution in [0.1, 0.15) is 39.5 Å². The van der Waals surface area contributed by atoms with E-state index in [1.54, 1.807) is 0 Å². The summed E-state index contributed by atoms with van der Waals surface area (Å²) in [4.78, 5) is 9.68. The van der Waals surface area contributed by atoms with E-state index in [4.69, 9.17) is 0 Å². The van der Waals surface area contributed by atoms with Crippen molar-refractivity contribution in [1.82, 2.24) is 20.4 Å². The Morgan fingerprint density at radius 2 is 2.05 bits per heavy atom. The van der Waals surface area contributed by atoms with Crippen LogP contribution in [-0.4, -0.2) is 73.7 Å². The molecule has 126 valence electrons. The maximum absolute atomic E-state index is 4.44. The van der Waals surface area contributed by atoms with Crippen LogP contribution in [-0.2, 0) is 0 Å². The summed E-state index contributed by atoms with van der Waals surface area (Å²) < 4.78 is 0. The van der Waals surface area contributed by atoms with E-state index in [1.807, 2.05) is 7.05 Å². The third kappa shape index (κ3) is 3.74. The van der Waals surface area contributed by atoms with E-state index in [2.05, 4.69) is 39.3 Å². The van der Waals surface area contributed by atoms with Gasteiger partial charge in [0, 0.05) is 44.8 Å². The van der Waals surface area contributed by atoms with Gasteiger partial charge in [-0.2, -0.15) is 0 Å². The van der Waals surface area contributed by atoms with Crippen LogP contribution in [0.4, 0.5) is 0 Å². The molecule has 3 rings (SSSR count). The number of hydrogen-bond acceptors (Lipinski definition) is 3. The number of nitrogens with zero attached hydrogens (tertiary/aromatic N) is 3. The van der Waals surface area contributed by atoms with Gasteiger partial charge in [0.25, 0.3) is 0 Å². The second kappa shape index (κ2) is 7.18. The third-order valence-electron chi connectivity index (χ3n) is 5.66. The molecule has 2 heterocycles. The van der Waals surface area contributed by atoms with Crippen molar-refractivity contribution in [3.05, 3.63) is 0 Å². The van der Waals surface area contributed by atoms with Crippen molar-refractivity contribution >= 4 is 5.96 Å². The lowest BCUT2D eigenvalue weighted by Gasteiger charge is -2.25. The summed E-state index contributed by atoms with van der Waals surface area (Å²) in [6.07, 6.45) is 5.46. The van der Waals surface area contributed by atoms with Crippen LogP contribution in [0, 0.1) is 5.92 Å². The fraction of sp³-hybridized carbons (Fsp3) is 0.941. The van der Waals surface area contributed by atoms with Crippen LogP contribution < -0.4 is 10.6 Å². The maximum atomic E-state index is 4.44. The highest BCUT2D eigenvalue weighted by molar-refractivity contribution is 5.80. The Bertz CT molecular complexity index is 393. The number of nitrogens with one attached hydrogen (secondary N) is 2. The van der Waals surface area contributed by atoms with Crippen molar-refractivity contribution in [2.45, 2.75) is 57.7 Å². The van der Waals surface area contributed by atoms with Gasteiger partial charge < -0.3 is 10.6 Å². The molecule has 0 spiro atoms. The molecule has 0 aromatic rings. The van der Waals surface area contributed by atoms with Gasteiger partial charge in [0.05, 0.1) is 0 Å². The molecule has 3 unspecified atom stereocenters. The van der Waals surface area contributed by atoms with Gasteiger partial charge in [-0.05, 0) is 44.7 Å². The second-order valence-electron chi connectivity index (χ2n) is 7.29. The smallest absolute Gasteiger partial charge is 0.191 e. The molecular weight excluding hydrogens is 274 g/mol. The van der Waals surface area contributed by atoms with Gasteiger partial charge in [0.1, 0.15) is 0 Å². The Hall–Kier alpha value is -0.810. The van der Waals surface area contributed by atoms with Gasteiger partial charge in [-0.3, -0.25) is 14.8 Å². The van der Waals surface area contributed by atoms with Crippen molar-refractivity contribution in [3.8, 4) is 0 Å². The third-order valence-corrected chi connectivity index (χ3v) is 5.66. The summed E-state index contributed by atoms with van der Waals surface area (Å²) in [5, 5.41) is 7.23. The number of hydrogen-bond donors (Lipinski definition) is 2. The van der Waals surface area contributed by atoms with Crippen LogP contribution in [0.5, 0.6) is 0 Å². The summed E-state index contributed by atoms with van der Waals surface area (Å²) >= 11 is 0. The zero-order valence-electron chi connectivity index (χ0n) is 14.5. The van der Waals surface area contributed by atoms with E-state index in [0.717, 1.165) is 25.1 Å². The van der Waals surface area contributed by atoms with E-state index in [1.165, 1.54) is 45.3 Å². The van der Waals surface area contributed by atoms with Crippen molar-refractivity contribution in [2.24, 2.45) is 10.9 Å². The van der Waals surface area contributed by atoms with Crippen molar-refractivity contribution in [3.63, 3.8) is 0 Å². The molecule has 0 amide bonds.